The van der Waals surface area contributed by atoms with Crippen molar-refractivity contribution in [3.63, 3.8) is 0 Å². The largest absolute Gasteiger partial charge is 0.356 e. The van der Waals surface area contributed by atoms with E-state index in [0.29, 0.717) is 23.7 Å². The van der Waals surface area contributed by atoms with Gasteiger partial charge in [-0.25, -0.2) is 27.5 Å². The molecule has 4 aromatic rings. The maximum atomic E-state index is 13.7. The molecule has 2 aliphatic heterocycles. The highest BCUT2D eigenvalue weighted by atomic mass is 19.3. The van der Waals surface area contributed by atoms with E-state index >= 15 is 0 Å². The molecule has 0 unspecified atom stereocenters. The summed E-state index contributed by atoms with van der Waals surface area (Å²) in [5, 5.41) is 3.59. The Labute approximate surface area is 239 Å². The Morgan fingerprint density at radius 2 is 1.76 bits per heavy atom. The third-order valence-corrected chi connectivity index (χ3v) is 7.87. The number of H-pyrrole nitrogens is 1. The van der Waals surface area contributed by atoms with E-state index in [-0.39, 0.29) is 51.1 Å². The summed E-state index contributed by atoms with van der Waals surface area (Å²) in [5.74, 6) is -5.29. The van der Waals surface area contributed by atoms with Crippen molar-refractivity contribution in [1.29, 1.82) is 0 Å². The van der Waals surface area contributed by atoms with E-state index in [1.54, 1.807) is 24.3 Å². The minimum Gasteiger partial charge on any atom is -0.356 e. The number of nitrogens with zero attached hydrogens (tertiary/aromatic N) is 5. The number of amides is 1. The van der Waals surface area contributed by atoms with E-state index in [2.05, 4.69) is 25.3 Å². The molecule has 2 saturated heterocycles. The number of anilines is 2. The van der Waals surface area contributed by atoms with Crippen molar-refractivity contribution in [2.75, 3.05) is 36.4 Å². The molecule has 3 aromatic heterocycles. The number of hydrogen-bond donors (Lipinski definition) is 3. The summed E-state index contributed by atoms with van der Waals surface area (Å²) >= 11 is 0. The molecule has 1 atom stereocenters. The number of benzene rings is 1. The predicted octanol–water partition coefficient (Wildman–Crippen LogP) is 4.68. The molecule has 2 fully saturated rings. The molecule has 1 aromatic carbocycles. The van der Waals surface area contributed by atoms with E-state index in [0.717, 1.165) is 22.2 Å². The number of pyridine rings is 1. The number of alkyl halides is 4. The fraction of sp³-hybridized carbons (Fsp3) is 0.379. The second-order valence-corrected chi connectivity index (χ2v) is 10.9. The number of fused-ring (bicyclic) bond motifs is 1. The van der Waals surface area contributed by atoms with Crippen molar-refractivity contribution in [3.8, 4) is 11.3 Å². The van der Waals surface area contributed by atoms with Gasteiger partial charge < -0.3 is 20.9 Å². The van der Waals surface area contributed by atoms with Gasteiger partial charge in [-0.15, -0.1) is 0 Å². The molecule has 220 valence electrons. The number of hydrogen-bond acceptors (Lipinski definition) is 7. The molecule has 0 saturated carbocycles. The molecule has 13 heteroatoms. The second kappa shape index (κ2) is 11.0. The average molecular weight is 583 g/mol. The van der Waals surface area contributed by atoms with Crippen molar-refractivity contribution in [1.82, 2.24) is 24.8 Å². The average Bonchev–Trinajstić information content (AvgIpc) is 3.41. The number of carbonyl (C=O) groups excluding carboxylic acids is 1. The highest BCUT2D eigenvalue weighted by Gasteiger charge is 2.41. The highest BCUT2D eigenvalue weighted by molar-refractivity contribution is 6.03. The summed E-state index contributed by atoms with van der Waals surface area (Å²) < 4.78 is 54.8. The van der Waals surface area contributed by atoms with Crippen LogP contribution in [0, 0.1) is 0 Å². The molecule has 9 nitrogen and oxygen atoms in total. The standard InChI is InChI=1S/C29H30F4N8O/c30-28(31)6-11-41(12-7-28)26-21-14-22(39-25(21)36-17-37-26)19-1-3-20(4-2-19)38-27(42)23-13-18(5-9-35-23)15-40-10-8-29(32,33)24(34)16-40/h1-5,9,13-14,17,24H,6-8,10-12,15-16,34H2,(H,38,42)(H,36,37,39)/t24-/m0/s1. The van der Waals surface area contributed by atoms with E-state index in [4.69, 9.17) is 5.73 Å². The van der Waals surface area contributed by atoms with Gasteiger partial charge in [0, 0.05) is 69.6 Å². The van der Waals surface area contributed by atoms with Crippen LogP contribution in [0.3, 0.4) is 0 Å². The van der Waals surface area contributed by atoms with Gasteiger partial charge in [0.1, 0.15) is 23.5 Å². The van der Waals surface area contributed by atoms with Crippen LogP contribution in [0.25, 0.3) is 22.3 Å². The van der Waals surface area contributed by atoms with E-state index in [9.17, 15) is 22.4 Å². The van der Waals surface area contributed by atoms with Crippen molar-refractivity contribution < 1.29 is 22.4 Å². The highest BCUT2D eigenvalue weighted by Crippen LogP contribution is 2.34. The van der Waals surface area contributed by atoms with Crippen LogP contribution in [0.1, 0.15) is 35.3 Å². The number of piperidine rings is 2. The van der Waals surface area contributed by atoms with Crippen molar-refractivity contribution in [2.24, 2.45) is 5.73 Å². The molecule has 6 rings (SSSR count). The number of nitrogens with two attached hydrogens (primary N) is 1. The molecule has 0 spiro atoms. The maximum absolute atomic E-state index is 13.7. The molecule has 0 aliphatic carbocycles. The lowest BCUT2D eigenvalue weighted by Gasteiger charge is -2.36. The van der Waals surface area contributed by atoms with Gasteiger partial charge in [-0.3, -0.25) is 14.7 Å². The van der Waals surface area contributed by atoms with Gasteiger partial charge in [-0.1, -0.05) is 12.1 Å². The van der Waals surface area contributed by atoms with E-state index in [1.807, 2.05) is 28.0 Å². The lowest BCUT2D eigenvalue weighted by molar-refractivity contribution is -0.0738. The summed E-state index contributed by atoms with van der Waals surface area (Å²) in [6.45, 7) is 1.12. The molecular formula is C29H30F4N8O. The molecular weight excluding hydrogens is 552 g/mol. The lowest BCUT2D eigenvalue weighted by Crippen LogP contribution is -2.54. The number of nitrogens with one attached hydrogen (secondary N) is 2. The van der Waals surface area contributed by atoms with Crippen LogP contribution in [0.15, 0.2) is 55.0 Å². The Morgan fingerprint density at radius 3 is 2.50 bits per heavy atom. The van der Waals surface area contributed by atoms with Crippen LogP contribution < -0.4 is 16.0 Å². The first-order valence-corrected chi connectivity index (χ1v) is 13.8. The molecule has 5 heterocycles. The quantitative estimate of drug-likeness (QED) is 0.283. The van der Waals surface area contributed by atoms with E-state index in [1.165, 1.54) is 12.5 Å². The van der Waals surface area contributed by atoms with Crippen LogP contribution in [0.2, 0.25) is 0 Å². The molecule has 42 heavy (non-hydrogen) atoms. The zero-order valence-corrected chi connectivity index (χ0v) is 22.7. The van der Waals surface area contributed by atoms with Gasteiger partial charge in [0.25, 0.3) is 17.8 Å². The second-order valence-electron chi connectivity index (χ2n) is 10.9. The Bertz CT molecular complexity index is 1580. The first kappa shape index (κ1) is 28.0. The molecule has 4 N–H and O–H groups in total. The Kier molecular flexibility index (Phi) is 7.31. The fourth-order valence-electron chi connectivity index (χ4n) is 5.40. The SMILES string of the molecule is N[C@H]1CN(Cc2ccnc(C(=O)Nc3ccc(-c4cc5c(N6CCC(F)(F)CC6)ncnc5[nH]4)cc3)c2)CCC1(F)F. The minimum atomic E-state index is -2.86. The van der Waals surface area contributed by atoms with Crippen LogP contribution in [0.4, 0.5) is 29.1 Å². The number of rotatable bonds is 6. The molecule has 2 aliphatic rings. The first-order valence-electron chi connectivity index (χ1n) is 13.8. The molecule has 1 amide bonds. The Hall–Kier alpha value is -4.10. The minimum absolute atomic E-state index is 0.0740. The number of carbonyl (C=O) groups is 1. The van der Waals surface area contributed by atoms with Crippen molar-refractivity contribution >= 4 is 28.4 Å². The summed E-state index contributed by atoms with van der Waals surface area (Å²) in [6.07, 6.45) is 2.23. The normalized spacial score (nSPS) is 20.5. The zero-order valence-electron chi connectivity index (χ0n) is 22.7. The topological polar surface area (TPSA) is 116 Å². The van der Waals surface area contributed by atoms with Crippen LogP contribution in [-0.2, 0) is 6.54 Å². The van der Waals surface area contributed by atoms with Gasteiger partial charge in [0.2, 0.25) is 0 Å². The fourth-order valence-corrected chi connectivity index (χ4v) is 5.40. The van der Waals surface area contributed by atoms with Gasteiger partial charge in [-0.05, 0) is 41.5 Å². The van der Waals surface area contributed by atoms with Gasteiger partial charge in [0.15, 0.2) is 0 Å². The van der Waals surface area contributed by atoms with Gasteiger partial charge in [0.05, 0.1) is 11.4 Å². The maximum Gasteiger partial charge on any atom is 0.274 e. The Morgan fingerprint density at radius 1 is 1.00 bits per heavy atom. The molecule has 0 radical (unpaired) electrons. The van der Waals surface area contributed by atoms with Crippen LogP contribution in [-0.4, -0.2) is 74.8 Å². The van der Waals surface area contributed by atoms with Crippen LogP contribution in [0.5, 0.6) is 0 Å². The summed E-state index contributed by atoms with van der Waals surface area (Å²) in [5.41, 5.74) is 9.41. The smallest absolute Gasteiger partial charge is 0.274 e. The third kappa shape index (κ3) is 5.93. The van der Waals surface area contributed by atoms with Crippen molar-refractivity contribution in [2.45, 2.75) is 43.7 Å². The number of aromatic amines is 1. The number of aromatic nitrogens is 4. The lowest BCUT2D eigenvalue weighted by atomic mass is 10.0. The summed E-state index contributed by atoms with van der Waals surface area (Å²) in [7, 11) is 0. The third-order valence-electron chi connectivity index (χ3n) is 7.87. The predicted molar refractivity (Wildman–Crippen MR) is 151 cm³/mol. The monoisotopic (exact) mass is 582 g/mol. The number of likely N-dealkylation sites (tertiary alicyclic amines) is 1. The van der Waals surface area contributed by atoms with E-state index < -0.39 is 23.8 Å². The summed E-state index contributed by atoms with van der Waals surface area (Å²) in [4.78, 5) is 32.7. The zero-order chi connectivity index (χ0) is 29.5. The molecule has 0 bridgehead atoms. The van der Waals surface area contributed by atoms with Crippen LogP contribution >= 0.6 is 0 Å². The van der Waals surface area contributed by atoms with Crippen molar-refractivity contribution in [3.05, 3.63) is 66.2 Å². The van der Waals surface area contributed by atoms with Gasteiger partial charge >= 0.3 is 0 Å². The number of halogens is 4. The Balaban J connectivity index is 1.12. The summed E-state index contributed by atoms with van der Waals surface area (Å²) in [6, 6.07) is 11.3. The van der Waals surface area contributed by atoms with Gasteiger partial charge in [-0.2, -0.15) is 0 Å². The first-order chi connectivity index (χ1) is 20.1.